The highest BCUT2D eigenvalue weighted by molar-refractivity contribution is 7.85. The van der Waals surface area contributed by atoms with E-state index in [2.05, 4.69) is 15.4 Å². The van der Waals surface area contributed by atoms with Crippen LogP contribution in [0, 0.1) is 12.8 Å². The van der Waals surface area contributed by atoms with E-state index >= 15 is 0 Å². The summed E-state index contributed by atoms with van der Waals surface area (Å²) in [4.78, 5) is 15.8. The van der Waals surface area contributed by atoms with Gasteiger partial charge in [-0.15, -0.1) is 10.2 Å². The molecule has 1 amide bonds. The van der Waals surface area contributed by atoms with E-state index in [1.54, 1.807) is 30.0 Å². The molecular weight excluding hydrogens is 430 g/mol. The zero-order valence-corrected chi connectivity index (χ0v) is 18.4. The van der Waals surface area contributed by atoms with Crippen molar-refractivity contribution in [1.82, 2.24) is 25.1 Å². The van der Waals surface area contributed by atoms with Gasteiger partial charge >= 0.3 is 0 Å². The Bertz CT molecular complexity index is 1030. The predicted octanol–water partition coefficient (Wildman–Crippen LogP) is 1.91. The molecule has 0 spiro atoms. The molecule has 0 atom stereocenters. The Morgan fingerprint density at radius 3 is 2.70 bits per heavy atom. The van der Waals surface area contributed by atoms with Gasteiger partial charge in [-0.25, -0.2) is 0 Å². The molecule has 1 aliphatic heterocycles. The zero-order valence-electron chi connectivity index (χ0n) is 16.9. The summed E-state index contributed by atoms with van der Waals surface area (Å²) in [6.45, 7) is 3.45. The second-order valence-electron chi connectivity index (χ2n) is 7.30. The van der Waals surface area contributed by atoms with E-state index in [-0.39, 0.29) is 18.4 Å². The van der Waals surface area contributed by atoms with Gasteiger partial charge in [-0.3, -0.25) is 8.98 Å². The number of aryl methyl sites for hydroxylation is 1. The summed E-state index contributed by atoms with van der Waals surface area (Å²) >= 11 is 6.13. The molecule has 0 unspecified atom stereocenters. The fourth-order valence-corrected chi connectivity index (χ4v) is 3.86. The van der Waals surface area contributed by atoms with Crippen LogP contribution in [-0.2, 0) is 25.6 Å². The predicted molar refractivity (Wildman–Crippen MR) is 112 cm³/mol. The third kappa shape index (κ3) is 6.61. The van der Waals surface area contributed by atoms with Crippen molar-refractivity contribution in [2.75, 3.05) is 26.0 Å². The minimum atomic E-state index is -3.44. The minimum Gasteiger partial charge on any atom is -0.339 e. The summed E-state index contributed by atoms with van der Waals surface area (Å²) in [6, 6.07) is 5.43. The Hall–Kier alpha value is -2.30. The van der Waals surface area contributed by atoms with Gasteiger partial charge in [0.1, 0.15) is 0 Å². The summed E-state index contributed by atoms with van der Waals surface area (Å²) in [5.41, 5.74) is 1.72. The fourth-order valence-electron chi connectivity index (χ4n) is 3.22. The molecule has 1 fully saturated rings. The lowest BCUT2D eigenvalue weighted by molar-refractivity contribution is -0.127. The molecule has 1 aromatic carbocycles. The Morgan fingerprint density at radius 1 is 1.33 bits per heavy atom. The van der Waals surface area contributed by atoms with Crippen LogP contribution in [-0.4, -0.2) is 65.4 Å². The van der Waals surface area contributed by atoms with Gasteiger partial charge in [-0.05, 0) is 60.2 Å². The molecule has 162 valence electrons. The van der Waals surface area contributed by atoms with Crippen LogP contribution in [0.3, 0.4) is 0 Å². The van der Waals surface area contributed by atoms with Crippen LogP contribution in [0.5, 0.6) is 0 Å². The van der Waals surface area contributed by atoms with E-state index < -0.39 is 10.1 Å². The molecule has 2 aromatic rings. The Morgan fingerprint density at radius 2 is 2.07 bits per heavy atom. The molecule has 1 aliphatic rings. The van der Waals surface area contributed by atoms with Crippen LogP contribution in [0.2, 0.25) is 5.02 Å². The number of carbonyl (C=O) groups is 1. The maximum absolute atomic E-state index is 12.6. The van der Waals surface area contributed by atoms with E-state index in [1.165, 1.54) is 4.80 Å². The largest absolute Gasteiger partial charge is 0.339 e. The highest BCUT2D eigenvalue weighted by Crippen LogP contribution is 2.20. The van der Waals surface area contributed by atoms with Gasteiger partial charge < -0.3 is 4.90 Å². The molecular formula is C19H24ClN5O4S. The van der Waals surface area contributed by atoms with Crippen molar-refractivity contribution in [2.24, 2.45) is 5.92 Å². The van der Waals surface area contributed by atoms with Gasteiger partial charge in [0, 0.05) is 24.2 Å². The molecule has 1 aromatic heterocycles. The first-order valence-electron chi connectivity index (χ1n) is 9.54. The fraction of sp³-hybridized carbons (Fsp3) is 0.474. The van der Waals surface area contributed by atoms with E-state index in [0.29, 0.717) is 43.3 Å². The lowest BCUT2D eigenvalue weighted by Crippen LogP contribution is -2.38. The smallest absolute Gasteiger partial charge is 0.264 e. The van der Waals surface area contributed by atoms with E-state index in [1.807, 2.05) is 12.1 Å². The lowest BCUT2D eigenvalue weighted by atomic mass is 9.98. The molecule has 1 saturated heterocycles. The molecule has 0 N–H and O–H groups in total. The van der Waals surface area contributed by atoms with Crippen LogP contribution in [0.25, 0.3) is 6.08 Å². The van der Waals surface area contributed by atoms with Crippen LogP contribution in [0.15, 0.2) is 24.3 Å². The van der Waals surface area contributed by atoms with Gasteiger partial charge in [-0.2, -0.15) is 13.2 Å². The highest BCUT2D eigenvalue weighted by Gasteiger charge is 2.22. The Balaban J connectivity index is 1.60. The van der Waals surface area contributed by atoms with Crippen LogP contribution in [0.4, 0.5) is 0 Å². The highest BCUT2D eigenvalue weighted by atomic mass is 35.5. The number of rotatable bonds is 7. The molecule has 11 heteroatoms. The first kappa shape index (κ1) is 22.4. The maximum Gasteiger partial charge on any atom is 0.264 e. The minimum absolute atomic E-state index is 0.0897. The number of carbonyl (C=O) groups excluding carboxylic acids is 1. The molecule has 0 bridgehead atoms. The quantitative estimate of drug-likeness (QED) is 0.465. The second-order valence-corrected chi connectivity index (χ2v) is 9.38. The molecule has 0 radical (unpaired) electrons. The van der Waals surface area contributed by atoms with Crippen molar-refractivity contribution in [3.05, 3.63) is 46.2 Å². The zero-order chi connectivity index (χ0) is 21.7. The summed E-state index contributed by atoms with van der Waals surface area (Å²) in [5, 5.41) is 12.6. The number of halogens is 1. The van der Waals surface area contributed by atoms with Gasteiger partial charge in [0.2, 0.25) is 5.91 Å². The van der Waals surface area contributed by atoms with Gasteiger partial charge in [0.25, 0.3) is 10.1 Å². The first-order valence-corrected chi connectivity index (χ1v) is 11.7. The summed E-state index contributed by atoms with van der Waals surface area (Å²) in [5.74, 6) is 0.622. The molecule has 0 aliphatic carbocycles. The van der Waals surface area contributed by atoms with Crippen molar-refractivity contribution in [2.45, 2.75) is 26.3 Å². The van der Waals surface area contributed by atoms with Crippen molar-refractivity contribution >= 4 is 33.7 Å². The van der Waals surface area contributed by atoms with Crippen molar-refractivity contribution < 1.29 is 17.4 Å². The normalized spacial score (nSPS) is 15.8. The lowest BCUT2D eigenvalue weighted by Gasteiger charge is -2.30. The van der Waals surface area contributed by atoms with Crippen LogP contribution in [0.1, 0.15) is 29.8 Å². The Labute approximate surface area is 180 Å². The molecule has 3 rings (SSSR count). The molecule has 9 nitrogen and oxygen atoms in total. The maximum atomic E-state index is 12.6. The number of amides is 1. The number of hydrogen-bond donors (Lipinski definition) is 0. The van der Waals surface area contributed by atoms with Crippen LogP contribution >= 0.6 is 11.6 Å². The average Bonchev–Trinajstić information content (AvgIpc) is 3.10. The van der Waals surface area contributed by atoms with Crippen molar-refractivity contribution in [1.29, 1.82) is 0 Å². The van der Waals surface area contributed by atoms with Gasteiger partial charge in [0.15, 0.2) is 5.82 Å². The standard InChI is InChI=1S/C19H24ClN5O4S/c1-14-21-23-25(22-14)12-17-11-18(20)5-3-16(17)4-6-19(26)24-9-7-15(8-10-24)13-29-30(2,27)28/h3-6,11,15H,7-10,12-13H2,1-2H3. The van der Waals surface area contributed by atoms with Crippen LogP contribution < -0.4 is 0 Å². The third-order valence-electron chi connectivity index (χ3n) is 4.82. The topological polar surface area (TPSA) is 107 Å². The first-order chi connectivity index (χ1) is 14.2. The molecule has 2 heterocycles. The number of likely N-dealkylation sites (tertiary alicyclic amines) is 1. The Kier molecular flexibility index (Phi) is 7.22. The number of aromatic nitrogens is 4. The number of tetrazole rings is 1. The third-order valence-corrected chi connectivity index (χ3v) is 5.62. The summed E-state index contributed by atoms with van der Waals surface area (Å²) in [6.07, 6.45) is 5.76. The monoisotopic (exact) mass is 453 g/mol. The average molecular weight is 454 g/mol. The van der Waals surface area contributed by atoms with Crippen molar-refractivity contribution in [3.63, 3.8) is 0 Å². The molecule has 30 heavy (non-hydrogen) atoms. The second kappa shape index (κ2) is 9.67. The van der Waals surface area contributed by atoms with Gasteiger partial charge in [0.05, 0.1) is 19.4 Å². The number of nitrogens with zero attached hydrogens (tertiary/aromatic N) is 5. The van der Waals surface area contributed by atoms with Crippen molar-refractivity contribution in [3.8, 4) is 0 Å². The van der Waals surface area contributed by atoms with Gasteiger partial charge in [-0.1, -0.05) is 17.7 Å². The molecule has 0 saturated carbocycles. The number of piperidine rings is 1. The number of hydrogen-bond acceptors (Lipinski definition) is 7. The van der Waals surface area contributed by atoms with E-state index in [0.717, 1.165) is 17.4 Å². The number of benzene rings is 1. The summed E-state index contributed by atoms with van der Waals surface area (Å²) < 4.78 is 27.1. The SMILES string of the molecule is Cc1nnn(Cc2cc(Cl)ccc2C=CC(=O)N2CCC(COS(C)(=O)=O)CC2)n1. The summed E-state index contributed by atoms with van der Waals surface area (Å²) in [7, 11) is -3.44. The van der Waals surface area contributed by atoms with E-state index in [9.17, 15) is 13.2 Å². The van der Waals surface area contributed by atoms with E-state index in [4.69, 9.17) is 15.8 Å².